The molecular weight excluding hydrogens is 401 g/mol. The van der Waals surface area contributed by atoms with Gasteiger partial charge in [-0.05, 0) is 74.3 Å². The molecule has 3 nitrogen and oxygen atoms in total. The average molecular weight is 425 g/mol. The number of para-hydroxylation sites is 1. The maximum Gasteiger partial charge on any atom is 0.416 e. The highest BCUT2D eigenvalue weighted by Crippen LogP contribution is 2.43. The molecule has 1 amide bonds. The van der Waals surface area contributed by atoms with E-state index in [9.17, 15) is 18.0 Å². The van der Waals surface area contributed by atoms with Crippen LogP contribution in [0.1, 0.15) is 60.0 Å². The van der Waals surface area contributed by atoms with Crippen molar-refractivity contribution in [3.05, 3.63) is 64.2 Å². The smallest absolute Gasteiger partial charge is 0.382 e. The highest BCUT2D eigenvalue weighted by Gasteiger charge is 2.35. The summed E-state index contributed by atoms with van der Waals surface area (Å²) in [7, 11) is 0. The molecule has 0 saturated heterocycles. The monoisotopic (exact) mass is 424 g/mol. The lowest BCUT2D eigenvalue weighted by molar-refractivity contribution is -0.137. The van der Waals surface area contributed by atoms with Crippen molar-refractivity contribution in [2.75, 3.05) is 5.32 Å². The van der Waals surface area contributed by atoms with Gasteiger partial charge in [-0.2, -0.15) is 13.2 Å². The predicted octanol–water partition coefficient (Wildman–Crippen LogP) is 6.23. The van der Waals surface area contributed by atoms with Crippen molar-refractivity contribution in [3.63, 3.8) is 0 Å². The van der Waals surface area contributed by atoms with E-state index in [2.05, 4.69) is 12.2 Å². The van der Waals surface area contributed by atoms with Crippen LogP contribution in [0.4, 0.5) is 18.9 Å². The molecule has 1 fully saturated rings. The predicted molar refractivity (Wildman–Crippen MR) is 109 cm³/mol. The number of hydrogen-bond donors (Lipinski definition) is 2. The molecular formula is C22H24ClF3N2O. The Morgan fingerprint density at radius 2 is 1.76 bits per heavy atom. The van der Waals surface area contributed by atoms with Crippen LogP contribution in [0.2, 0.25) is 5.02 Å². The van der Waals surface area contributed by atoms with Gasteiger partial charge in [0.05, 0.1) is 16.1 Å². The second kappa shape index (κ2) is 8.66. The fraction of sp³-hybridized carbons (Fsp3) is 0.409. The fourth-order valence-corrected chi connectivity index (χ4v) is 4.49. The normalized spacial score (nSPS) is 20.9. The van der Waals surface area contributed by atoms with Crippen LogP contribution in [0.3, 0.4) is 0 Å². The number of hydrogen-bond acceptors (Lipinski definition) is 2. The highest BCUT2D eigenvalue weighted by atomic mass is 35.5. The molecule has 1 saturated carbocycles. The number of nitrogens with two attached hydrogens (primary N) is 1. The van der Waals surface area contributed by atoms with Gasteiger partial charge in [0.25, 0.3) is 0 Å². The zero-order valence-corrected chi connectivity index (χ0v) is 16.9. The third-order valence-electron chi connectivity index (χ3n) is 5.78. The van der Waals surface area contributed by atoms with Crippen molar-refractivity contribution in [1.29, 1.82) is 0 Å². The minimum atomic E-state index is -4.56. The number of primary amides is 1. The van der Waals surface area contributed by atoms with Crippen LogP contribution in [-0.2, 0) is 6.18 Å². The van der Waals surface area contributed by atoms with Crippen LogP contribution in [-0.4, -0.2) is 11.9 Å². The van der Waals surface area contributed by atoms with Gasteiger partial charge in [0.15, 0.2) is 0 Å². The van der Waals surface area contributed by atoms with Crippen LogP contribution >= 0.6 is 11.6 Å². The number of alkyl halides is 3. The van der Waals surface area contributed by atoms with Crippen molar-refractivity contribution in [1.82, 2.24) is 0 Å². The standard InChI is InChI=1S/C22H24ClF3N2O/c1-13(28-17-5-3-2-4-6-17)14-7-9-15(10-8-14)18-11-16(22(24,25)26)12-19(20(18)23)21(27)29/h2-6,11-15,28H,7-10H2,1H3,(H2,27,29). The van der Waals surface area contributed by atoms with Crippen LogP contribution < -0.4 is 11.1 Å². The Bertz CT molecular complexity index is 862. The van der Waals surface area contributed by atoms with Gasteiger partial charge in [0, 0.05) is 11.7 Å². The topological polar surface area (TPSA) is 55.1 Å². The largest absolute Gasteiger partial charge is 0.416 e. The number of rotatable bonds is 5. The van der Waals surface area contributed by atoms with E-state index < -0.39 is 17.6 Å². The Balaban J connectivity index is 1.75. The Hall–Kier alpha value is -2.21. The second-order valence-corrected chi connectivity index (χ2v) is 8.08. The van der Waals surface area contributed by atoms with E-state index in [0.29, 0.717) is 24.3 Å². The Morgan fingerprint density at radius 3 is 2.31 bits per heavy atom. The lowest BCUT2D eigenvalue weighted by Gasteiger charge is -2.34. The van der Waals surface area contributed by atoms with Crippen LogP contribution in [0.5, 0.6) is 0 Å². The van der Waals surface area contributed by atoms with Crippen molar-refractivity contribution in [2.45, 2.75) is 50.7 Å². The van der Waals surface area contributed by atoms with Crippen molar-refractivity contribution >= 4 is 23.2 Å². The van der Waals surface area contributed by atoms with E-state index in [1.165, 1.54) is 0 Å². The van der Waals surface area contributed by atoms with Crippen LogP contribution in [0.15, 0.2) is 42.5 Å². The Kier molecular flexibility index (Phi) is 6.42. The number of carbonyl (C=O) groups excluding carboxylic acids is 1. The molecule has 0 bridgehead atoms. The van der Waals surface area contributed by atoms with Gasteiger partial charge in [-0.1, -0.05) is 29.8 Å². The minimum Gasteiger partial charge on any atom is -0.382 e. The van der Waals surface area contributed by atoms with Crippen LogP contribution in [0, 0.1) is 5.92 Å². The minimum absolute atomic E-state index is 0.0457. The zero-order chi connectivity index (χ0) is 21.2. The molecule has 1 aliphatic carbocycles. The molecule has 0 heterocycles. The number of carbonyl (C=O) groups is 1. The molecule has 1 unspecified atom stereocenters. The molecule has 1 aliphatic rings. The fourth-order valence-electron chi connectivity index (χ4n) is 4.13. The van der Waals surface area contributed by atoms with Crippen LogP contribution in [0.25, 0.3) is 0 Å². The van der Waals surface area contributed by atoms with E-state index in [4.69, 9.17) is 17.3 Å². The molecule has 0 radical (unpaired) electrons. The lowest BCUT2D eigenvalue weighted by Crippen LogP contribution is -2.29. The molecule has 1 atom stereocenters. The molecule has 2 aromatic carbocycles. The number of benzene rings is 2. The van der Waals surface area contributed by atoms with Gasteiger partial charge in [-0.3, -0.25) is 4.79 Å². The summed E-state index contributed by atoms with van der Waals surface area (Å²) in [6.07, 6.45) is -1.40. The number of anilines is 1. The first-order valence-corrected chi connectivity index (χ1v) is 10.1. The molecule has 0 aromatic heterocycles. The summed E-state index contributed by atoms with van der Waals surface area (Å²) in [5.41, 5.74) is 5.54. The molecule has 3 N–H and O–H groups in total. The first kappa shape index (κ1) is 21.5. The van der Waals surface area contributed by atoms with Gasteiger partial charge < -0.3 is 11.1 Å². The number of amides is 1. The SMILES string of the molecule is CC(Nc1ccccc1)C1CCC(c2cc(C(F)(F)F)cc(C(N)=O)c2Cl)CC1. The maximum atomic E-state index is 13.3. The third kappa shape index (κ3) is 5.04. The molecule has 2 aromatic rings. The van der Waals surface area contributed by atoms with Crippen molar-refractivity contribution in [3.8, 4) is 0 Å². The molecule has 29 heavy (non-hydrogen) atoms. The van der Waals surface area contributed by atoms with Gasteiger partial charge in [-0.25, -0.2) is 0 Å². The van der Waals surface area contributed by atoms with Crippen molar-refractivity contribution in [2.24, 2.45) is 11.7 Å². The summed E-state index contributed by atoms with van der Waals surface area (Å²) in [5.74, 6) is -0.661. The van der Waals surface area contributed by atoms with E-state index >= 15 is 0 Å². The van der Waals surface area contributed by atoms with Gasteiger partial charge in [-0.15, -0.1) is 0 Å². The number of halogens is 4. The zero-order valence-electron chi connectivity index (χ0n) is 16.1. The summed E-state index contributed by atoms with van der Waals surface area (Å²) >= 11 is 6.28. The van der Waals surface area contributed by atoms with E-state index in [-0.39, 0.29) is 22.5 Å². The Morgan fingerprint density at radius 1 is 1.14 bits per heavy atom. The molecule has 0 aliphatic heterocycles. The number of nitrogens with one attached hydrogen (secondary N) is 1. The maximum absolute atomic E-state index is 13.3. The average Bonchev–Trinajstić information content (AvgIpc) is 2.68. The van der Waals surface area contributed by atoms with Gasteiger partial charge >= 0.3 is 6.18 Å². The summed E-state index contributed by atoms with van der Waals surface area (Å²) in [4.78, 5) is 11.6. The highest BCUT2D eigenvalue weighted by molar-refractivity contribution is 6.34. The first-order valence-electron chi connectivity index (χ1n) is 9.69. The van der Waals surface area contributed by atoms with Gasteiger partial charge in [0.1, 0.15) is 0 Å². The molecule has 156 valence electrons. The quantitative estimate of drug-likeness (QED) is 0.597. The Labute approximate surface area is 173 Å². The summed E-state index contributed by atoms with van der Waals surface area (Å²) in [6.45, 7) is 2.13. The van der Waals surface area contributed by atoms with E-state index in [1.54, 1.807) is 0 Å². The third-order valence-corrected chi connectivity index (χ3v) is 6.20. The van der Waals surface area contributed by atoms with Gasteiger partial charge in [0.2, 0.25) is 5.91 Å². The van der Waals surface area contributed by atoms with Crippen molar-refractivity contribution < 1.29 is 18.0 Å². The molecule has 3 rings (SSSR count). The summed E-state index contributed by atoms with van der Waals surface area (Å²) < 4.78 is 39.8. The molecule has 0 spiro atoms. The first-order chi connectivity index (χ1) is 13.7. The molecule has 7 heteroatoms. The lowest BCUT2D eigenvalue weighted by atomic mass is 9.75. The summed E-state index contributed by atoms with van der Waals surface area (Å²) in [6, 6.07) is 12.0. The van der Waals surface area contributed by atoms with E-state index in [0.717, 1.165) is 30.7 Å². The second-order valence-electron chi connectivity index (χ2n) is 7.70. The summed E-state index contributed by atoms with van der Waals surface area (Å²) in [5, 5.41) is 3.54. The van der Waals surface area contributed by atoms with E-state index in [1.807, 2.05) is 30.3 Å².